The highest BCUT2D eigenvalue weighted by Crippen LogP contribution is 2.28. The summed E-state index contributed by atoms with van der Waals surface area (Å²) in [7, 11) is -0.900. The molecule has 1 aromatic rings. The van der Waals surface area contributed by atoms with Crippen LogP contribution in [0.3, 0.4) is 0 Å². The summed E-state index contributed by atoms with van der Waals surface area (Å²) in [5, 5.41) is 0. The predicted molar refractivity (Wildman–Crippen MR) is 67.3 cm³/mol. The summed E-state index contributed by atoms with van der Waals surface area (Å²) >= 11 is 0. The van der Waals surface area contributed by atoms with Crippen LogP contribution in [0.1, 0.15) is 6.42 Å². The normalized spacial score (nSPS) is 19.6. The van der Waals surface area contributed by atoms with Crippen LogP contribution >= 0.6 is 0 Å². The zero-order valence-corrected chi connectivity index (χ0v) is 11.5. The lowest BCUT2D eigenvalue weighted by Crippen LogP contribution is -2.55. The van der Waals surface area contributed by atoms with E-state index in [1.165, 1.54) is 26.4 Å². The van der Waals surface area contributed by atoms with Crippen LogP contribution in [0.15, 0.2) is 29.2 Å². The van der Waals surface area contributed by atoms with Crippen molar-refractivity contribution in [2.24, 2.45) is 0 Å². The Morgan fingerprint density at radius 1 is 1.26 bits per heavy atom. The maximum atomic E-state index is 12.3. The van der Waals surface area contributed by atoms with E-state index in [-0.39, 0.29) is 4.90 Å². The smallest absolute Gasteiger partial charge is 0.324 e. The zero-order chi connectivity index (χ0) is 14.0. The molecule has 0 bridgehead atoms. The minimum atomic E-state index is -3.65. The summed E-state index contributed by atoms with van der Waals surface area (Å²) in [4.78, 5) is 11.6. The maximum Gasteiger partial charge on any atom is 0.324 e. The summed E-state index contributed by atoms with van der Waals surface area (Å²) in [6.07, 6.45) is 0.488. The van der Waals surface area contributed by atoms with E-state index in [4.69, 9.17) is 4.74 Å². The van der Waals surface area contributed by atoms with Gasteiger partial charge in [-0.1, -0.05) is 0 Å². The van der Waals surface area contributed by atoms with Crippen molar-refractivity contribution < 1.29 is 22.7 Å². The molecule has 0 spiro atoms. The molecule has 0 amide bonds. The fourth-order valence-electron chi connectivity index (χ4n) is 1.91. The Morgan fingerprint density at radius 2 is 1.89 bits per heavy atom. The predicted octanol–water partition coefficient (Wildman–Crippen LogP) is 0.631. The highest BCUT2D eigenvalue weighted by atomic mass is 32.2. The third-order valence-electron chi connectivity index (χ3n) is 3.11. The minimum absolute atomic E-state index is 0.141. The van der Waals surface area contributed by atoms with E-state index in [2.05, 4.69) is 4.74 Å². The molecule has 0 radical (unpaired) electrons. The van der Waals surface area contributed by atoms with E-state index in [1.807, 2.05) is 0 Å². The van der Waals surface area contributed by atoms with Gasteiger partial charge in [0, 0.05) is 6.54 Å². The Morgan fingerprint density at radius 3 is 2.32 bits per heavy atom. The van der Waals surface area contributed by atoms with Gasteiger partial charge in [0.25, 0.3) is 0 Å². The van der Waals surface area contributed by atoms with Gasteiger partial charge in [-0.2, -0.15) is 4.31 Å². The molecular weight excluding hydrogens is 270 g/mol. The van der Waals surface area contributed by atoms with Gasteiger partial charge >= 0.3 is 5.97 Å². The molecule has 0 N–H and O–H groups in total. The molecule has 1 unspecified atom stereocenters. The number of ether oxygens (including phenoxy) is 2. The molecule has 19 heavy (non-hydrogen) atoms. The van der Waals surface area contributed by atoms with Crippen LogP contribution in [0.25, 0.3) is 0 Å². The molecule has 2 rings (SSSR count). The Bertz CT molecular complexity index is 566. The first-order chi connectivity index (χ1) is 9.00. The van der Waals surface area contributed by atoms with Gasteiger partial charge in [0.1, 0.15) is 11.8 Å². The molecule has 1 aliphatic rings. The summed E-state index contributed by atoms with van der Waals surface area (Å²) in [5.41, 5.74) is 0. The maximum absolute atomic E-state index is 12.3. The van der Waals surface area contributed by atoms with Crippen molar-refractivity contribution in [3.05, 3.63) is 24.3 Å². The number of rotatable bonds is 4. The molecule has 104 valence electrons. The van der Waals surface area contributed by atoms with Crippen LogP contribution in [-0.4, -0.2) is 45.5 Å². The van der Waals surface area contributed by atoms with Crippen LogP contribution < -0.4 is 4.74 Å². The number of carbonyl (C=O) groups is 1. The van der Waals surface area contributed by atoms with Crippen LogP contribution in [0, 0.1) is 0 Å². The van der Waals surface area contributed by atoms with Gasteiger partial charge in [0.2, 0.25) is 10.0 Å². The number of carbonyl (C=O) groups excluding carboxylic acids is 1. The third kappa shape index (κ3) is 2.43. The van der Waals surface area contributed by atoms with E-state index in [1.54, 1.807) is 12.1 Å². The minimum Gasteiger partial charge on any atom is -0.497 e. The van der Waals surface area contributed by atoms with Gasteiger partial charge in [0.05, 0.1) is 19.1 Å². The first-order valence-electron chi connectivity index (χ1n) is 5.74. The Balaban J connectivity index is 2.24. The molecule has 1 heterocycles. The van der Waals surface area contributed by atoms with Crippen molar-refractivity contribution in [1.82, 2.24) is 4.31 Å². The molecule has 1 aromatic carbocycles. The summed E-state index contributed by atoms with van der Waals surface area (Å²) < 4.78 is 35.4. The Kier molecular flexibility index (Phi) is 3.77. The summed E-state index contributed by atoms with van der Waals surface area (Å²) in [6, 6.07) is 5.35. The lowest BCUT2D eigenvalue weighted by atomic mass is 10.1. The quantitative estimate of drug-likeness (QED) is 0.759. The van der Waals surface area contributed by atoms with E-state index >= 15 is 0 Å². The number of nitrogens with zero attached hydrogens (tertiary/aromatic N) is 1. The first kappa shape index (κ1) is 13.8. The van der Waals surface area contributed by atoms with Crippen molar-refractivity contribution in [3.8, 4) is 5.75 Å². The molecule has 1 saturated heterocycles. The van der Waals surface area contributed by atoms with Gasteiger partial charge in [-0.15, -0.1) is 0 Å². The molecule has 7 heteroatoms. The average Bonchev–Trinajstić information content (AvgIpc) is 2.36. The molecule has 0 aromatic heterocycles. The van der Waals surface area contributed by atoms with Crippen LogP contribution in [0.5, 0.6) is 5.75 Å². The topological polar surface area (TPSA) is 72.9 Å². The third-order valence-corrected chi connectivity index (χ3v) is 5.03. The van der Waals surface area contributed by atoms with Crippen LogP contribution in [-0.2, 0) is 19.6 Å². The SMILES string of the molecule is COC(=O)C1CCN1S(=O)(=O)c1ccc(OC)cc1. The highest BCUT2D eigenvalue weighted by molar-refractivity contribution is 7.89. The largest absolute Gasteiger partial charge is 0.497 e. The lowest BCUT2D eigenvalue weighted by molar-refractivity contribution is -0.148. The monoisotopic (exact) mass is 285 g/mol. The van der Waals surface area contributed by atoms with E-state index in [9.17, 15) is 13.2 Å². The molecule has 6 nitrogen and oxygen atoms in total. The number of hydrogen-bond donors (Lipinski definition) is 0. The molecule has 1 fully saturated rings. The van der Waals surface area contributed by atoms with Gasteiger partial charge in [0.15, 0.2) is 0 Å². The number of esters is 1. The highest BCUT2D eigenvalue weighted by Gasteiger charge is 2.43. The van der Waals surface area contributed by atoms with Gasteiger partial charge < -0.3 is 9.47 Å². The first-order valence-corrected chi connectivity index (χ1v) is 7.18. The second kappa shape index (κ2) is 5.18. The van der Waals surface area contributed by atoms with E-state index in [0.29, 0.717) is 18.7 Å². The van der Waals surface area contributed by atoms with Crippen molar-refractivity contribution >= 4 is 16.0 Å². The number of benzene rings is 1. The standard InChI is InChI=1S/C12H15NO5S/c1-17-9-3-5-10(6-4-9)19(15,16)13-8-7-11(13)12(14)18-2/h3-6,11H,7-8H2,1-2H3. The number of hydrogen-bond acceptors (Lipinski definition) is 5. The zero-order valence-electron chi connectivity index (χ0n) is 10.7. The van der Waals surface area contributed by atoms with Crippen molar-refractivity contribution in [1.29, 1.82) is 0 Å². The second-order valence-corrected chi connectivity index (χ2v) is 6.01. The molecular formula is C12H15NO5S. The lowest BCUT2D eigenvalue weighted by Gasteiger charge is -2.37. The van der Waals surface area contributed by atoms with Crippen molar-refractivity contribution in [2.75, 3.05) is 20.8 Å². The molecule has 1 aliphatic heterocycles. The van der Waals surface area contributed by atoms with Crippen LogP contribution in [0.2, 0.25) is 0 Å². The Labute approximate surface area is 112 Å². The van der Waals surface area contributed by atoms with Crippen LogP contribution in [0.4, 0.5) is 0 Å². The van der Waals surface area contributed by atoms with E-state index in [0.717, 1.165) is 4.31 Å². The fraction of sp³-hybridized carbons (Fsp3) is 0.417. The summed E-state index contributed by atoms with van der Waals surface area (Å²) in [6.45, 7) is 0.328. The Hall–Kier alpha value is -1.60. The van der Waals surface area contributed by atoms with Crippen molar-refractivity contribution in [2.45, 2.75) is 17.4 Å². The molecule has 0 saturated carbocycles. The number of sulfonamides is 1. The summed E-state index contributed by atoms with van der Waals surface area (Å²) in [5.74, 6) is 0.0513. The van der Waals surface area contributed by atoms with Gasteiger partial charge in [-0.25, -0.2) is 8.42 Å². The average molecular weight is 285 g/mol. The van der Waals surface area contributed by atoms with E-state index < -0.39 is 22.0 Å². The van der Waals surface area contributed by atoms with Gasteiger partial charge in [-0.05, 0) is 30.7 Å². The fourth-order valence-corrected chi connectivity index (χ4v) is 3.53. The van der Waals surface area contributed by atoms with Crippen molar-refractivity contribution in [3.63, 3.8) is 0 Å². The molecule has 1 atom stereocenters. The van der Waals surface area contributed by atoms with Gasteiger partial charge in [-0.3, -0.25) is 4.79 Å². The molecule has 0 aliphatic carbocycles. The second-order valence-electron chi connectivity index (χ2n) is 4.12. The number of methoxy groups -OCH3 is 2.